The zero-order valence-electron chi connectivity index (χ0n) is 12.8. The zero-order chi connectivity index (χ0) is 14.7. The van der Waals surface area contributed by atoms with E-state index in [1.165, 1.54) is 31.2 Å². The standard InChI is InChI=1S/C17H23N3O/c1-13-11-20(16-10-6-3-7-14(16)12-21-2)17(18-13)19-15-8-4-5-9-15/h3,6-7,10-11,15H,4-5,8-9,12H2,1-2H3,(H,18,19). The van der Waals surface area contributed by atoms with Gasteiger partial charge in [-0.05, 0) is 25.8 Å². The van der Waals surface area contributed by atoms with Gasteiger partial charge in [0.2, 0.25) is 5.95 Å². The maximum Gasteiger partial charge on any atom is 0.207 e. The minimum atomic E-state index is 0.556. The minimum absolute atomic E-state index is 0.556. The van der Waals surface area contributed by atoms with Gasteiger partial charge in [0.15, 0.2) is 0 Å². The molecule has 1 aromatic carbocycles. The second-order valence-corrected chi connectivity index (χ2v) is 5.76. The van der Waals surface area contributed by atoms with Gasteiger partial charge in [0.05, 0.1) is 18.0 Å². The number of imidazole rings is 1. The summed E-state index contributed by atoms with van der Waals surface area (Å²) < 4.78 is 7.47. The van der Waals surface area contributed by atoms with E-state index in [0.717, 1.165) is 17.3 Å². The van der Waals surface area contributed by atoms with Crippen molar-refractivity contribution in [1.29, 1.82) is 0 Å². The van der Waals surface area contributed by atoms with Crippen molar-refractivity contribution in [1.82, 2.24) is 9.55 Å². The molecule has 1 aromatic heterocycles. The van der Waals surface area contributed by atoms with Crippen LogP contribution in [0.4, 0.5) is 5.95 Å². The van der Waals surface area contributed by atoms with E-state index in [2.05, 4.69) is 39.3 Å². The summed E-state index contributed by atoms with van der Waals surface area (Å²) in [4.78, 5) is 4.66. The summed E-state index contributed by atoms with van der Waals surface area (Å²) in [5, 5.41) is 3.61. The molecule has 112 valence electrons. The molecule has 1 N–H and O–H groups in total. The molecule has 4 heteroatoms. The molecule has 0 atom stereocenters. The summed E-state index contributed by atoms with van der Waals surface area (Å²) >= 11 is 0. The van der Waals surface area contributed by atoms with Crippen molar-refractivity contribution in [2.45, 2.75) is 45.3 Å². The van der Waals surface area contributed by atoms with Gasteiger partial charge in [-0.25, -0.2) is 4.98 Å². The molecule has 0 aliphatic heterocycles. The quantitative estimate of drug-likeness (QED) is 0.910. The third-order valence-electron chi connectivity index (χ3n) is 4.07. The molecule has 3 rings (SSSR count). The van der Waals surface area contributed by atoms with Gasteiger partial charge in [-0.1, -0.05) is 31.0 Å². The highest BCUT2D eigenvalue weighted by atomic mass is 16.5. The molecule has 0 spiro atoms. The first kappa shape index (κ1) is 14.1. The Kier molecular flexibility index (Phi) is 4.25. The van der Waals surface area contributed by atoms with Gasteiger partial charge in [0.1, 0.15) is 0 Å². The highest BCUT2D eigenvalue weighted by Crippen LogP contribution is 2.25. The first-order valence-electron chi connectivity index (χ1n) is 7.67. The highest BCUT2D eigenvalue weighted by Gasteiger charge is 2.18. The molecule has 0 amide bonds. The molecule has 0 radical (unpaired) electrons. The fourth-order valence-corrected chi connectivity index (χ4v) is 3.06. The number of ether oxygens (including phenoxy) is 1. The number of benzene rings is 1. The lowest BCUT2D eigenvalue weighted by Gasteiger charge is -2.16. The lowest BCUT2D eigenvalue weighted by Crippen LogP contribution is -2.18. The van der Waals surface area contributed by atoms with Gasteiger partial charge in [-0.2, -0.15) is 0 Å². The van der Waals surface area contributed by atoms with Crippen molar-refractivity contribution in [2.75, 3.05) is 12.4 Å². The van der Waals surface area contributed by atoms with Gasteiger partial charge in [-0.3, -0.25) is 4.57 Å². The van der Waals surface area contributed by atoms with Gasteiger partial charge >= 0.3 is 0 Å². The minimum Gasteiger partial charge on any atom is -0.380 e. The normalized spacial score (nSPS) is 15.5. The average molecular weight is 285 g/mol. The zero-order valence-corrected chi connectivity index (χ0v) is 12.8. The smallest absolute Gasteiger partial charge is 0.207 e. The van der Waals surface area contributed by atoms with Crippen LogP contribution < -0.4 is 5.32 Å². The maximum absolute atomic E-state index is 5.32. The molecular formula is C17H23N3O. The Morgan fingerprint density at radius 2 is 2.05 bits per heavy atom. The Hall–Kier alpha value is -1.81. The number of hydrogen-bond acceptors (Lipinski definition) is 3. The third-order valence-corrected chi connectivity index (χ3v) is 4.07. The fraction of sp³-hybridized carbons (Fsp3) is 0.471. The van der Waals surface area contributed by atoms with Crippen molar-refractivity contribution in [3.63, 3.8) is 0 Å². The summed E-state index contributed by atoms with van der Waals surface area (Å²) in [6, 6.07) is 8.89. The van der Waals surface area contributed by atoms with Crippen LogP contribution in [-0.2, 0) is 11.3 Å². The van der Waals surface area contributed by atoms with Crippen LogP contribution in [0.2, 0.25) is 0 Å². The SMILES string of the molecule is COCc1ccccc1-n1cc(C)nc1NC1CCCC1. The van der Waals surface area contributed by atoms with Crippen LogP contribution in [0.5, 0.6) is 0 Å². The predicted molar refractivity (Wildman–Crippen MR) is 84.9 cm³/mol. The topological polar surface area (TPSA) is 39.1 Å². The van der Waals surface area contributed by atoms with E-state index < -0.39 is 0 Å². The number of nitrogens with one attached hydrogen (secondary N) is 1. The first-order valence-corrected chi connectivity index (χ1v) is 7.67. The summed E-state index contributed by atoms with van der Waals surface area (Å²) in [5.41, 5.74) is 3.34. The number of aromatic nitrogens is 2. The molecule has 21 heavy (non-hydrogen) atoms. The van der Waals surface area contributed by atoms with Crippen LogP contribution in [0.25, 0.3) is 5.69 Å². The van der Waals surface area contributed by atoms with Crippen molar-refractivity contribution in [3.8, 4) is 5.69 Å². The molecule has 1 saturated carbocycles. The summed E-state index contributed by atoms with van der Waals surface area (Å²) in [7, 11) is 1.73. The molecular weight excluding hydrogens is 262 g/mol. The van der Waals surface area contributed by atoms with E-state index in [4.69, 9.17) is 4.74 Å². The monoisotopic (exact) mass is 285 g/mol. The van der Waals surface area contributed by atoms with E-state index >= 15 is 0 Å². The largest absolute Gasteiger partial charge is 0.380 e. The van der Waals surface area contributed by atoms with Crippen molar-refractivity contribution >= 4 is 5.95 Å². The molecule has 0 saturated heterocycles. The van der Waals surface area contributed by atoms with Gasteiger partial charge in [-0.15, -0.1) is 0 Å². The maximum atomic E-state index is 5.32. The number of nitrogens with zero attached hydrogens (tertiary/aromatic N) is 2. The summed E-state index contributed by atoms with van der Waals surface area (Å²) in [6.07, 6.45) is 7.21. The molecule has 0 bridgehead atoms. The molecule has 2 aromatic rings. The predicted octanol–water partition coefficient (Wildman–Crippen LogP) is 3.68. The lowest BCUT2D eigenvalue weighted by atomic mass is 10.2. The molecule has 4 nitrogen and oxygen atoms in total. The lowest BCUT2D eigenvalue weighted by molar-refractivity contribution is 0.185. The van der Waals surface area contributed by atoms with E-state index in [1.807, 2.05) is 13.0 Å². The van der Waals surface area contributed by atoms with Crippen LogP contribution in [0.1, 0.15) is 36.9 Å². The van der Waals surface area contributed by atoms with Crippen LogP contribution in [0.15, 0.2) is 30.5 Å². The highest BCUT2D eigenvalue weighted by molar-refractivity contribution is 5.48. The summed E-state index contributed by atoms with van der Waals surface area (Å²) in [6.45, 7) is 2.64. The van der Waals surface area contributed by atoms with Gasteiger partial charge < -0.3 is 10.1 Å². The number of hydrogen-bond donors (Lipinski definition) is 1. The van der Waals surface area contributed by atoms with Crippen LogP contribution in [0, 0.1) is 6.92 Å². The number of aryl methyl sites for hydroxylation is 1. The average Bonchev–Trinajstić information content (AvgIpc) is 3.10. The van der Waals surface area contributed by atoms with Gasteiger partial charge in [0.25, 0.3) is 0 Å². The van der Waals surface area contributed by atoms with E-state index in [-0.39, 0.29) is 0 Å². The second-order valence-electron chi connectivity index (χ2n) is 5.76. The van der Waals surface area contributed by atoms with Crippen LogP contribution in [-0.4, -0.2) is 22.7 Å². The molecule has 1 aliphatic rings. The Bertz CT molecular complexity index is 600. The molecule has 1 aliphatic carbocycles. The second kappa shape index (κ2) is 6.31. The third kappa shape index (κ3) is 3.10. The van der Waals surface area contributed by atoms with Crippen molar-refractivity contribution in [3.05, 3.63) is 41.7 Å². The Morgan fingerprint density at radius 3 is 2.81 bits per heavy atom. The molecule has 1 heterocycles. The number of methoxy groups -OCH3 is 1. The van der Waals surface area contributed by atoms with E-state index in [9.17, 15) is 0 Å². The van der Waals surface area contributed by atoms with Crippen molar-refractivity contribution < 1.29 is 4.74 Å². The molecule has 0 unspecified atom stereocenters. The molecule has 1 fully saturated rings. The van der Waals surface area contributed by atoms with Crippen molar-refractivity contribution in [2.24, 2.45) is 0 Å². The summed E-state index contributed by atoms with van der Waals surface area (Å²) in [5.74, 6) is 0.947. The van der Waals surface area contributed by atoms with Crippen LogP contribution >= 0.6 is 0 Å². The number of rotatable bonds is 5. The number of para-hydroxylation sites is 1. The van der Waals surface area contributed by atoms with E-state index in [1.54, 1.807) is 7.11 Å². The Balaban J connectivity index is 1.94. The fourth-order valence-electron chi connectivity index (χ4n) is 3.06. The first-order chi connectivity index (χ1) is 10.3. The Morgan fingerprint density at radius 1 is 1.29 bits per heavy atom. The van der Waals surface area contributed by atoms with E-state index in [0.29, 0.717) is 12.6 Å². The Labute approximate surface area is 126 Å². The van der Waals surface area contributed by atoms with Crippen LogP contribution in [0.3, 0.4) is 0 Å². The van der Waals surface area contributed by atoms with Gasteiger partial charge in [0, 0.05) is 24.9 Å². The number of anilines is 1.